The van der Waals surface area contributed by atoms with Gasteiger partial charge in [-0.1, -0.05) is 48.5 Å². The fourth-order valence-electron chi connectivity index (χ4n) is 3.63. The van der Waals surface area contributed by atoms with Gasteiger partial charge in [0.2, 0.25) is 0 Å². The zero-order valence-electron chi connectivity index (χ0n) is 15.0. The van der Waals surface area contributed by atoms with E-state index in [9.17, 15) is 18.0 Å². The van der Waals surface area contributed by atoms with Crippen LogP contribution in [0.1, 0.15) is 21.5 Å². The first-order valence-corrected chi connectivity index (χ1v) is 8.65. The molecule has 0 bridgehead atoms. The fraction of sp³-hybridized carbons (Fsp3) is 0.136. The summed E-state index contributed by atoms with van der Waals surface area (Å²) in [6.07, 6.45) is -4.34. The van der Waals surface area contributed by atoms with Crippen molar-refractivity contribution in [1.29, 1.82) is 0 Å². The third-order valence-corrected chi connectivity index (χ3v) is 4.76. The van der Waals surface area contributed by atoms with Crippen molar-refractivity contribution in [2.75, 3.05) is 7.11 Å². The number of nitrogens with zero attached hydrogens (tertiary/aromatic N) is 1. The molecule has 1 heterocycles. The highest BCUT2D eigenvalue weighted by Gasteiger charge is 2.35. The van der Waals surface area contributed by atoms with Crippen LogP contribution in [0.5, 0.6) is 0 Å². The molecule has 6 heteroatoms. The Labute approximate surface area is 159 Å². The smallest absolute Gasteiger partial charge is 0.465 e. The quantitative estimate of drug-likeness (QED) is 0.428. The predicted octanol–water partition coefficient (Wildman–Crippen LogP) is 5.65. The van der Waals surface area contributed by atoms with E-state index in [0.717, 1.165) is 5.56 Å². The summed E-state index contributed by atoms with van der Waals surface area (Å²) < 4.78 is 47.2. The van der Waals surface area contributed by atoms with Gasteiger partial charge < -0.3 is 4.74 Å². The minimum Gasteiger partial charge on any atom is -0.465 e. The average molecular weight is 383 g/mol. The molecule has 0 aliphatic carbocycles. The first-order chi connectivity index (χ1) is 13.4. The topological polar surface area (TPSA) is 31.2 Å². The molecule has 0 N–H and O–H groups in total. The standard InChI is InChI=1S/C22H16F3NO2/c1-28-21(27)16-12-15(11-14-7-3-2-4-8-14)20-18(13-16)17-9-5-6-10-19(17)26(20)22(23,24)25/h2-10,12-13H,11H2,1H3. The van der Waals surface area contributed by atoms with Crippen LogP contribution >= 0.6 is 0 Å². The molecule has 0 amide bonds. The van der Waals surface area contributed by atoms with Crippen LogP contribution in [0.25, 0.3) is 21.8 Å². The van der Waals surface area contributed by atoms with Gasteiger partial charge >= 0.3 is 12.3 Å². The number of carbonyl (C=O) groups is 1. The van der Waals surface area contributed by atoms with Crippen LogP contribution in [0.2, 0.25) is 0 Å². The number of esters is 1. The maximum atomic E-state index is 14.0. The van der Waals surface area contributed by atoms with E-state index in [-0.39, 0.29) is 23.0 Å². The second kappa shape index (κ2) is 6.71. The van der Waals surface area contributed by atoms with Gasteiger partial charge in [-0.25, -0.2) is 4.79 Å². The number of fused-ring (bicyclic) bond motifs is 3. The lowest BCUT2D eigenvalue weighted by Crippen LogP contribution is -2.17. The second-order valence-corrected chi connectivity index (χ2v) is 6.51. The number of hydrogen-bond donors (Lipinski definition) is 0. The number of alkyl halides is 3. The van der Waals surface area contributed by atoms with Gasteiger partial charge in [0.15, 0.2) is 0 Å². The van der Waals surface area contributed by atoms with Crippen molar-refractivity contribution in [2.24, 2.45) is 0 Å². The van der Waals surface area contributed by atoms with Crippen LogP contribution in [0.15, 0.2) is 66.7 Å². The van der Waals surface area contributed by atoms with E-state index in [4.69, 9.17) is 4.74 Å². The van der Waals surface area contributed by atoms with Gasteiger partial charge in [0.25, 0.3) is 0 Å². The van der Waals surface area contributed by atoms with E-state index in [2.05, 4.69) is 0 Å². The SMILES string of the molecule is COC(=O)c1cc(Cc2ccccc2)c2c(c1)c1ccccc1n2C(F)(F)F. The van der Waals surface area contributed by atoms with E-state index in [1.807, 2.05) is 30.3 Å². The molecule has 0 saturated heterocycles. The van der Waals surface area contributed by atoms with Gasteiger partial charge in [-0.3, -0.25) is 4.57 Å². The lowest BCUT2D eigenvalue weighted by molar-refractivity contribution is -0.197. The van der Waals surface area contributed by atoms with E-state index >= 15 is 0 Å². The Balaban J connectivity index is 2.11. The molecule has 1 aromatic heterocycles. The van der Waals surface area contributed by atoms with E-state index in [1.54, 1.807) is 18.2 Å². The summed E-state index contributed by atoms with van der Waals surface area (Å²) >= 11 is 0. The van der Waals surface area contributed by atoms with Gasteiger partial charge in [-0.2, -0.15) is 0 Å². The van der Waals surface area contributed by atoms with Gasteiger partial charge in [0, 0.05) is 10.8 Å². The molecular formula is C22H16F3NO2. The third-order valence-electron chi connectivity index (χ3n) is 4.76. The third kappa shape index (κ3) is 3.01. The van der Waals surface area contributed by atoms with Crippen molar-refractivity contribution in [1.82, 2.24) is 4.57 Å². The molecule has 28 heavy (non-hydrogen) atoms. The number of ether oxygens (including phenoxy) is 1. The lowest BCUT2D eigenvalue weighted by atomic mass is 9.99. The number of halogens is 3. The highest BCUT2D eigenvalue weighted by molar-refractivity contribution is 6.11. The summed E-state index contributed by atoms with van der Waals surface area (Å²) in [4.78, 5) is 12.2. The fourth-order valence-corrected chi connectivity index (χ4v) is 3.63. The number of benzene rings is 3. The molecule has 0 atom stereocenters. The number of rotatable bonds is 3. The van der Waals surface area contributed by atoms with Crippen molar-refractivity contribution in [3.63, 3.8) is 0 Å². The molecule has 4 rings (SSSR count). The molecule has 142 valence electrons. The van der Waals surface area contributed by atoms with Crippen LogP contribution in [-0.4, -0.2) is 17.6 Å². The molecule has 4 aromatic rings. The Morgan fingerprint density at radius 1 is 0.964 bits per heavy atom. The molecule has 0 unspecified atom stereocenters. The molecule has 3 aromatic carbocycles. The van der Waals surface area contributed by atoms with Crippen molar-refractivity contribution < 1.29 is 22.7 Å². The Hall–Kier alpha value is -3.28. The van der Waals surface area contributed by atoms with E-state index < -0.39 is 12.3 Å². The zero-order chi connectivity index (χ0) is 19.9. The molecule has 0 radical (unpaired) electrons. The summed E-state index contributed by atoms with van der Waals surface area (Å²) in [6, 6.07) is 18.5. The molecule has 0 aliphatic heterocycles. The van der Waals surface area contributed by atoms with Crippen molar-refractivity contribution in [2.45, 2.75) is 12.7 Å². The second-order valence-electron chi connectivity index (χ2n) is 6.51. The van der Waals surface area contributed by atoms with Crippen LogP contribution in [0.4, 0.5) is 13.2 Å². The van der Waals surface area contributed by atoms with Crippen LogP contribution in [0.3, 0.4) is 0 Å². The maximum Gasteiger partial charge on any atom is 0.489 e. The van der Waals surface area contributed by atoms with Gasteiger partial charge in [0.1, 0.15) is 0 Å². The van der Waals surface area contributed by atoms with E-state index in [0.29, 0.717) is 20.9 Å². The molecule has 3 nitrogen and oxygen atoms in total. The summed E-state index contributed by atoms with van der Waals surface area (Å²) in [5, 5.41) is 0.816. The number of carbonyl (C=O) groups excluding carboxylic acids is 1. The molecular weight excluding hydrogens is 367 g/mol. The summed E-state index contributed by atoms with van der Waals surface area (Å²) in [7, 11) is 1.25. The van der Waals surface area contributed by atoms with Crippen molar-refractivity contribution in [3.05, 3.63) is 83.4 Å². The maximum absolute atomic E-state index is 14.0. The molecule has 0 saturated carbocycles. The Morgan fingerprint density at radius 3 is 2.32 bits per heavy atom. The van der Waals surface area contributed by atoms with Crippen LogP contribution in [-0.2, 0) is 17.5 Å². The minimum atomic E-state index is -4.60. The number of para-hydroxylation sites is 1. The van der Waals surface area contributed by atoms with Gasteiger partial charge in [0.05, 0.1) is 23.7 Å². The van der Waals surface area contributed by atoms with Crippen LogP contribution < -0.4 is 0 Å². The van der Waals surface area contributed by atoms with Crippen molar-refractivity contribution in [3.8, 4) is 0 Å². The minimum absolute atomic E-state index is 0.0568. The van der Waals surface area contributed by atoms with Crippen LogP contribution in [0, 0.1) is 0 Å². The van der Waals surface area contributed by atoms with Gasteiger partial charge in [-0.05, 0) is 35.7 Å². The first-order valence-electron chi connectivity index (χ1n) is 8.65. The molecule has 0 spiro atoms. The average Bonchev–Trinajstić information content (AvgIpc) is 3.03. The van der Waals surface area contributed by atoms with Gasteiger partial charge in [-0.15, -0.1) is 13.2 Å². The monoisotopic (exact) mass is 383 g/mol. The Kier molecular flexibility index (Phi) is 4.34. The largest absolute Gasteiger partial charge is 0.489 e. The molecule has 0 fully saturated rings. The molecule has 0 aliphatic rings. The first kappa shape index (κ1) is 18.1. The van der Waals surface area contributed by atoms with E-state index in [1.165, 1.54) is 25.3 Å². The Bertz CT molecular complexity index is 1180. The number of hydrogen-bond acceptors (Lipinski definition) is 2. The normalized spacial score (nSPS) is 11.9. The summed E-state index contributed by atoms with van der Waals surface area (Å²) in [5.41, 5.74) is 1.61. The summed E-state index contributed by atoms with van der Waals surface area (Å²) in [6.45, 7) is 0. The van der Waals surface area contributed by atoms with Crippen molar-refractivity contribution >= 4 is 27.8 Å². The predicted molar refractivity (Wildman–Crippen MR) is 101 cm³/mol. The highest BCUT2D eigenvalue weighted by atomic mass is 19.4. The highest BCUT2D eigenvalue weighted by Crippen LogP contribution is 2.39. The number of aromatic nitrogens is 1. The number of methoxy groups -OCH3 is 1. The Morgan fingerprint density at radius 2 is 1.64 bits per heavy atom. The summed E-state index contributed by atoms with van der Waals surface area (Å²) in [5.74, 6) is -0.583. The zero-order valence-corrected chi connectivity index (χ0v) is 15.0. The lowest BCUT2D eigenvalue weighted by Gasteiger charge is -2.15.